The molecule has 1 aromatic heterocycles. The van der Waals surface area contributed by atoms with Crippen LogP contribution in [0, 0.1) is 6.92 Å². The van der Waals surface area contributed by atoms with E-state index in [0.717, 1.165) is 28.1 Å². The number of fused-ring (bicyclic) bond motifs is 1. The molecule has 4 aromatic rings. The number of hydrogen-bond donors (Lipinski definition) is 1. The summed E-state index contributed by atoms with van der Waals surface area (Å²) in [5, 5.41) is 15.5. The normalized spacial score (nSPS) is 14.7. The van der Waals surface area contributed by atoms with Crippen molar-refractivity contribution in [2.75, 3.05) is 18.6 Å². The molecule has 35 heavy (non-hydrogen) atoms. The standard InChI is InChI=1S/C27H26N6O2/c1-19-8-12-22(13-9-19)25-16-24(21-6-4-3-5-7-21)32(27-29-30-31-33(25)27)18-26(34)28-17-20-10-14-23(35-2)15-11-20/h3-16,25H,17-18H2,1-2H3,(H,28,34)/t25-/m0/s1. The van der Waals surface area contributed by atoms with Crippen LogP contribution in [0.2, 0.25) is 0 Å². The van der Waals surface area contributed by atoms with Crippen molar-refractivity contribution >= 4 is 17.6 Å². The van der Waals surface area contributed by atoms with E-state index in [1.54, 1.807) is 11.8 Å². The fourth-order valence-electron chi connectivity index (χ4n) is 4.13. The maximum absolute atomic E-state index is 13.0. The van der Waals surface area contributed by atoms with Gasteiger partial charge in [0.05, 0.1) is 12.8 Å². The van der Waals surface area contributed by atoms with Crippen LogP contribution in [-0.2, 0) is 11.3 Å². The van der Waals surface area contributed by atoms with Crippen molar-refractivity contribution in [3.05, 3.63) is 107 Å². The lowest BCUT2D eigenvalue weighted by molar-refractivity contribution is -0.119. The summed E-state index contributed by atoms with van der Waals surface area (Å²) in [5.41, 5.74) is 5.12. The van der Waals surface area contributed by atoms with Crippen molar-refractivity contribution in [2.24, 2.45) is 0 Å². The molecule has 0 radical (unpaired) electrons. The van der Waals surface area contributed by atoms with E-state index in [4.69, 9.17) is 4.74 Å². The maximum Gasteiger partial charge on any atom is 0.251 e. The number of methoxy groups -OCH3 is 1. The van der Waals surface area contributed by atoms with Gasteiger partial charge < -0.3 is 10.1 Å². The first-order valence-corrected chi connectivity index (χ1v) is 11.4. The summed E-state index contributed by atoms with van der Waals surface area (Å²) in [6.07, 6.45) is 2.11. The monoisotopic (exact) mass is 466 g/mol. The molecule has 8 nitrogen and oxygen atoms in total. The zero-order chi connectivity index (χ0) is 24.2. The molecular formula is C27H26N6O2. The number of carbonyl (C=O) groups excluding carboxylic acids is 1. The zero-order valence-corrected chi connectivity index (χ0v) is 19.6. The third kappa shape index (κ3) is 4.77. The number of aromatic nitrogens is 4. The number of allylic oxidation sites excluding steroid dienone is 1. The molecule has 0 aliphatic carbocycles. The molecule has 0 saturated heterocycles. The van der Waals surface area contributed by atoms with Crippen molar-refractivity contribution in [3.63, 3.8) is 0 Å². The molecule has 0 saturated carbocycles. The summed E-state index contributed by atoms with van der Waals surface area (Å²) in [5.74, 6) is 1.17. The Morgan fingerprint density at radius 3 is 2.46 bits per heavy atom. The molecule has 2 heterocycles. The Bertz CT molecular complexity index is 1330. The van der Waals surface area contributed by atoms with Gasteiger partial charge in [-0.25, -0.2) is 0 Å². The van der Waals surface area contributed by atoms with Gasteiger partial charge in [0, 0.05) is 6.54 Å². The Morgan fingerprint density at radius 1 is 1.00 bits per heavy atom. The third-order valence-corrected chi connectivity index (χ3v) is 6.03. The van der Waals surface area contributed by atoms with Gasteiger partial charge in [-0.3, -0.25) is 9.69 Å². The Kier molecular flexibility index (Phi) is 6.26. The van der Waals surface area contributed by atoms with Gasteiger partial charge >= 0.3 is 0 Å². The van der Waals surface area contributed by atoms with Crippen LogP contribution in [0.4, 0.5) is 5.95 Å². The van der Waals surface area contributed by atoms with Crippen LogP contribution in [0.25, 0.3) is 5.70 Å². The number of hydrogen-bond acceptors (Lipinski definition) is 6. The number of rotatable bonds is 7. The van der Waals surface area contributed by atoms with E-state index in [2.05, 4.69) is 58.1 Å². The Morgan fingerprint density at radius 2 is 1.74 bits per heavy atom. The second-order valence-corrected chi connectivity index (χ2v) is 8.41. The molecule has 5 rings (SSSR count). The minimum atomic E-state index is -0.186. The fraction of sp³-hybridized carbons (Fsp3) is 0.185. The molecular weight excluding hydrogens is 440 g/mol. The Labute approximate surface area is 203 Å². The minimum Gasteiger partial charge on any atom is -0.497 e. The summed E-state index contributed by atoms with van der Waals surface area (Å²) >= 11 is 0. The molecule has 176 valence electrons. The lowest BCUT2D eigenvalue weighted by Gasteiger charge is -2.32. The van der Waals surface area contributed by atoms with Crippen molar-refractivity contribution in [1.82, 2.24) is 25.5 Å². The summed E-state index contributed by atoms with van der Waals surface area (Å²) < 4.78 is 6.96. The van der Waals surface area contributed by atoms with Gasteiger partial charge in [-0.2, -0.15) is 4.68 Å². The SMILES string of the molecule is COc1ccc(CNC(=O)CN2C(c3ccccc3)=C[C@@H](c3ccc(C)cc3)n3nnnc32)cc1. The van der Waals surface area contributed by atoms with Crippen molar-refractivity contribution in [3.8, 4) is 5.75 Å². The lowest BCUT2D eigenvalue weighted by Crippen LogP contribution is -2.39. The average Bonchev–Trinajstić information content (AvgIpc) is 3.39. The maximum atomic E-state index is 13.0. The van der Waals surface area contributed by atoms with E-state index >= 15 is 0 Å². The molecule has 0 fully saturated rings. The molecule has 1 amide bonds. The summed E-state index contributed by atoms with van der Waals surface area (Å²) in [4.78, 5) is 14.9. The predicted molar refractivity (Wildman–Crippen MR) is 134 cm³/mol. The number of tetrazole rings is 1. The molecule has 0 spiro atoms. The number of nitrogens with zero attached hydrogens (tertiary/aromatic N) is 5. The van der Waals surface area contributed by atoms with Gasteiger partial charge in [0.2, 0.25) is 5.91 Å². The molecule has 0 unspecified atom stereocenters. The van der Waals surface area contributed by atoms with Crippen LogP contribution in [-0.4, -0.2) is 39.8 Å². The number of anilines is 1. The average molecular weight is 467 g/mol. The van der Waals surface area contributed by atoms with E-state index in [1.165, 1.54) is 5.56 Å². The number of ether oxygens (including phenoxy) is 1. The highest BCUT2D eigenvalue weighted by atomic mass is 16.5. The molecule has 1 aliphatic rings. The van der Waals surface area contributed by atoms with Crippen LogP contribution in [0.3, 0.4) is 0 Å². The fourth-order valence-corrected chi connectivity index (χ4v) is 4.13. The van der Waals surface area contributed by atoms with Crippen LogP contribution in [0.1, 0.15) is 28.3 Å². The second kappa shape index (κ2) is 9.80. The molecule has 3 aromatic carbocycles. The molecule has 1 atom stereocenters. The Balaban J connectivity index is 1.43. The number of carbonyl (C=O) groups is 1. The number of aryl methyl sites for hydroxylation is 1. The van der Waals surface area contributed by atoms with E-state index in [0.29, 0.717) is 12.5 Å². The molecule has 1 N–H and O–H groups in total. The number of amides is 1. The van der Waals surface area contributed by atoms with Crippen LogP contribution in [0.5, 0.6) is 5.75 Å². The summed E-state index contributed by atoms with van der Waals surface area (Å²) in [6.45, 7) is 2.56. The summed E-state index contributed by atoms with van der Waals surface area (Å²) in [7, 11) is 1.63. The van der Waals surface area contributed by atoms with Gasteiger partial charge in [0.1, 0.15) is 18.3 Å². The van der Waals surface area contributed by atoms with Crippen LogP contribution in [0.15, 0.2) is 84.9 Å². The highest BCUT2D eigenvalue weighted by molar-refractivity contribution is 5.89. The van der Waals surface area contributed by atoms with Gasteiger partial charge in [0.25, 0.3) is 5.95 Å². The molecule has 8 heteroatoms. The van der Waals surface area contributed by atoms with Crippen molar-refractivity contribution < 1.29 is 9.53 Å². The first kappa shape index (κ1) is 22.3. The summed E-state index contributed by atoms with van der Waals surface area (Å²) in [6, 6.07) is 25.8. The minimum absolute atomic E-state index is 0.0812. The van der Waals surface area contributed by atoms with Gasteiger partial charge in [-0.05, 0) is 52.2 Å². The second-order valence-electron chi connectivity index (χ2n) is 8.41. The highest BCUT2D eigenvalue weighted by Crippen LogP contribution is 2.36. The predicted octanol–water partition coefficient (Wildman–Crippen LogP) is 3.76. The largest absolute Gasteiger partial charge is 0.497 e. The third-order valence-electron chi connectivity index (χ3n) is 6.03. The molecule has 1 aliphatic heterocycles. The Hall–Kier alpha value is -4.46. The van der Waals surface area contributed by atoms with E-state index in [9.17, 15) is 4.79 Å². The van der Waals surface area contributed by atoms with Gasteiger partial charge in [-0.1, -0.05) is 77.4 Å². The quantitative estimate of drug-likeness (QED) is 0.447. The number of benzene rings is 3. The van der Waals surface area contributed by atoms with Gasteiger partial charge in [-0.15, -0.1) is 0 Å². The number of nitrogens with one attached hydrogen (secondary N) is 1. The zero-order valence-electron chi connectivity index (χ0n) is 19.6. The van der Waals surface area contributed by atoms with Crippen molar-refractivity contribution in [2.45, 2.75) is 19.5 Å². The van der Waals surface area contributed by atoms with Crippen LogP contribution < -0.4 is 15.0 Å². The van der Waals surface area contributed by atoms with Gasteiger partial charge in [0.15, 0.2) is 0 Å². The highest BCUT2D eigenvalue weighted by Gasteiger charge is 2.31. The van der Waals surface area contributed by atoms with E-state index < -0.39 is 0 Å². The first-order chi connectivity index (χ1) is 17.1. The van der Waals surface area contributed by atoms with E-state index in [1.807, 2.05) is 59.5 Å². The first-order valence-electron chi connectivity index (χ1n) is 11.4. The van der Waals surface area contributed by atoms with Crippen molar-refractivity contribution in [1.29, 1.82) is 0 Å². The van der Waals surface area contributed by atoms with Crippen LogP contribution >= 0.6 is 0 Å². The molecule has 0 bridgehead atoms. The topological polar surface area (TPSA) is 85.2 Å². The lowest BCUT2D eigenvalue weighted by atomic mass is 10.00. The smallest absolute Gasteiger partial charge is 0.251 e. The van der Waals surface area contributed by atoms with E-state index in [-0.39, 0.29) is 18.5 Å².